The van der Waals surface area contributed by atoms with Crippen LogP contribution in [0.3, 0.4) is 0 Å². The van der Waals surface area contributed by atoms with Gasteiger partial charge in [0.2, 0.25) is 0 Å². The van der Waals surface area contributed by atoms with Gasteiger partial charge in [0.15, 0.2) is 5.69 Å². The van der Waals surface area contributed by atoms with Gasteiger partial charge in [0.1, 0.15) is 0 Å². The summed E-state index contributed by atoms with van der Waals surface area (Å²) in [5, 5.41) is 18.0. The van der Waals surface area contributed by atoms with Crippen molar-refractivity contribution < 1.29 is 9.72 Å². The molecule has 1 aliphatic heterocycles. The predicted molar refractivity (Wildman–Crippen MR) is 121 cm³/mol. The van der Waals surface area contributed by atoms with Crippen molar-refractivity contribution in [3.63, 3.8) is 0 Å². The summed E-state index contributed by atoms with van der Waals surface area (Å²) in [4.78, 5) is 27.7. The summed E-state index contributed by atoms with van der Waals surface area (Å²) < 4.78 is 1.52. The first-order chi connectivity index (χ1) is 15.5. The number of likely N-dealkylation sites (N-methyl/N-ethyl adjacent to an activating group) is 1. The van der Waals surface area contributed by atoms with E-state index in [9.17, 15) is 14.9 Å². The zero-order chi connectivity index (χ0) is 22.5. The Morgan fingerprint density at radius 1 is 1.06 bits per heavy atom. The maximum Gasteiger partial charge on any atom is 0.272 e. The number of hydrogen-bond donors (Lipinski definition) is 1. The van der Waals surface area contributed by atoms with Gasteiger partial charge in [-0.1, -0.05) is 24.3 Å². The van der Waals surface area contributed by atoms with Gasteiger partial charge in [-0.3, -0.25) is 19.8 Å². The number of nitro groups is 1. The SMILES string of the molecule is CN1CCN(Cc2cccc(CNC(=O)c3ccn(-c4ccc([N+](=O)[O-])cc4)n3)c2)CC1. The van der Waals surface area contributed by atoms with E-state index < -0.39 is 4.92 Å². The van der Waals surface area contributed by atoms with Gasteiger partial charge in [0.25, 0.3) is 11.6 Å². The molecule has 9 nitrogen and oxygen atoms in total. The first kappa shape index (κ1) is 21.7. The van der Waals surface area contributed by atoms with Crippen molar-refractivity contribution in [2.24, 2.45) is 0 Å². The van der Waals surface area contributed by atoms with E-state index in [1.54, 1.807) is 24.4 Å². The standard InChI is InChI=1S/C23H26N6O3/c1-26-11-13-27(14-12-26)17-19-4-2-3-18(15-19)16-24-23(30)22-9-10-28(25-22)20-5-7-21(8-6-20)29(31)32/h2-10,15H,11-14,16-17H2,1H3,(H,24,30). The highest BCUT2D eigenvalue weighted by molar-refractivity contribution is 5.92. The molecule has 166 valence electrons. The normalized spacial score (nSPS) is 14.9. The number of carbonyl (C=O) groups is 1. The van der Waals surface area contributed by atoms with Crippen LogP contribution in [-0.2, 0) is 13.1 Å². The summed E-state index contributed by atoms with van der Waals surface area (Å²) in [5.74, 6) is -0.268. The van der Waals surface area contributed by atoms with Crippen LogP contribution in [0.25, 0.3) is 5.69 Å². The fraction of sp³-hybridized carbons (Fsp3) is 0.304. The maximum absolute atomic E-state index is 12.5. The molecule has 1 fully saturated rings. The van der Waals surface area contributed by atoms with Gasteiger partial charge in [-0.2, -0.15) is 5.10 Å². The van der Waals surface area contributed by atoms with E-state index >= 15 is 0 Å². The molecule has 2 aromatic carbocycles. The molecular weight excluding hydrogens is 408 g/mol. The van der Waals surface area contributed by atoms with Gasteiger partial charge in [-0.25, -0.2) is 4.68 Å². The summed E-state index contributed by atoms with van der Waals surface area (Å²) in [5.41, 5.74) is 3.22. The van der Waals surface area contributed by atoms with E-state index in [1.165, 1.54) is 22.4 Å². The molecule has 1 saturated heterocycles. The van der Waals surface area contributed by atoms with Crippen molar-refractivity contribution in [2.75, 3.05) is 33.2 Å². The zero-order valence-electron chi connectivity index (χ0n) is 18.0. The van der Waals surface area contributed by atoms with Gasteiger partial charge in [0, 0.05) is 57.6 Å². The number of non-ortho nitro benzene ring substituents is 1. The number of nitrogens with one attached hydrogen (secondary N) is 1. The van der Waals surface area contributed by atoms with Crippen LogP contribution < -0.4 is 5.32 Å². The van der Waals surface area contributed by atoms with E-state index in [2.05, 4.69) is 39.4 Å². The molecule has 0 spiro atoms. The molecular formula is C23H26N6O3. The number of piperazine rings is 1. The van der Waals surface area contributed by atoms with Crippen LogP contribution in [0.4, 0.5) is 5.69 Å². The van der Waals surface area contributed by atoms with Crippen molar-refractivity contribution in [3.8, 4) is 5.69 Å². The van der Waals surface area contributed by atoms with E-state index in [0.717, 1.165) is 38.3 Å². The molecule has 0 unspecified atom stereocenters. The minimum Gasteiger partial charge on any atom is -0.347 e. The van der Waals surface area contributed by atoms with Crippen molar-refractivity contribution in [2.45, 2.75) is 13.1 Å². The Hall–Kier alpha value is -3.56. The fourth-order valence-electron chi connectivity index (χ4n) is 3.69. The largest absolute Gasteiger partial charge is 0.347 e. The number of nitrogens with zero attached hydrogens (tertiary/aromatic N) is 5. The van der Waals surface area contributed by atoms with E-state index in [-0.39, 0.29) is 17.3 Å². The molecule has 1 aromatic heterocycles. The highest BCUT2D eigenvalue weighted by Crippen LogP contribution is 2.15. The third kappa shape index (κ3) is 5.37. The summed E-state index contributed by atoms with van der Waals surface area (Å²) in [6, 6.07) is 15.9. The predicted octanol–water partition coefficient (Wildman–Crippen LogP) is 2.46. The smallest absolute Gasteiger partial charge is 0.272 e. The number of nitro benzene ring substituents is 1. The van der Waals surface area contributed by atoms with Crippen LogP contribution in [0.1, 0.15) is 21.6 Å². The monoisotopic (exact) mass is 434 g/mol. The Balaban J connectivity index is 1.33. The molecule has 0 aliphatic carbocycles. The minimum absolute atomic E-state index is 0.00808. The lowest BCUT2D eigenvalue weighted by molar-refractivity contribution is -0.384. The molecule has 4 rings (SSSR count). The van der Waals surface area contributed by atoms with Crippen LogP contribution in [0, 0.1) is 10.1 Å². The van der Waals surface area contributed by atoms with Crippen LogP contribution in [-0.4, -0.2) is 63.6 Å². The Kier molecular flexibility index (Phi) is 6.58. The Morgan fingerprint density at radius 3 is 2.50 bits per heavy atom. The van der Waals surface area contributed by atoms with Gasteiger partial charge in [0.05, 0.1) is 10.6 Å². The van der Waals surface area contributed by atoms with E-state index in [4.69, 9.17) is 0 Å². The van der Waals surface area contributed by atoms with Crippen molar-refractivity contribution in [1.82, 2.24) is 24.9 Å². The first-order valence-electron chi connectivity index (χ1n) is 10.6. The minimum atomic E-state index is -0.453. The quantitative estimate of drug-likeness (QED) is 0.453. The molecule has 0 bridgehead atoms. The third-order valence-electron chi connectivity index (χ3n) is 5.59. The summed E-state index contributed by atoms with van der Waals surface area (Å²) in [6.07, 6.45) is 1.66. The number of benzene rings is 2. The van der Waals surface area contributed by atoms with Crippen molar-refractivity contribution >= 4 is 11.6 Å². The summed E-state index contributed by atoms with van der Waals surface area (Å²) >= 11 is 0. The fourth-order valence-corrected chi connectivity index (χ4v) is 3.69. The van der Waals surface area contributed by atoms with Gasteiger partial charge < -0.3 is 10.2 Å². The van der Waals surface area contributed by atoms with Crippen molar-refractivity contribution in [3.05, 3.63) is 87.7 Å². The average molecular weight is 435 g/mol. The molecule has 3 aromatic rings. The molecule has 0 radical (unpaired) electrons. The highest BCUT2D eigenvalue weighted by atomic mass is 16.6. The molecule has 2 heterocycles. The molecule has 0 saturated carbocycles. The van der Waals surface area contributed by atoms with E-state index in [0.29, 0.717) is 12.2 Å². The molecule has 32 heavy (non-hydrogen) atoms. The lowest BCUT2D eigenvalue weighted by Gasteiger charge is -2.32. The molecule has 1 amide bonds. The molecule has 1 aliphatic rings. The maximum atomic E-state index is 12.5. The average Bonchev–Trinajstić information content (AvgIpc) is 3.30. The molecule has 1 N–H and O–H groups in total. The zero-order valence-corrected chi connectivity index (χ0v) is 18.0. The number of aromatic nitrogens is 2. The summed E-state index contributed by atoms with van der Waals surface area (Å²) in [7, 11) is 2.15. The highest BCUT2D eigenvalue weighted by Gasteiger charge is 2.14. The second kappa shape index (κ2) is 9.71. The van der Waals surface area contributed by atoms with Gasteiger partial charge in [-0.15, -0.1) is 0 Å². The number of hydrogen-bond acceptors (Lipinski definition) is 6. The Bertz CT molecular complexity index is 1090. The number of amides is 1. The third-order valence-corrected chi connectivity index (χ3v) is 5.59. The summed E-state index contributed by atoms with van der Waals surface area (Å²) in [6.45, 7) is 5.63. The van der Waals surface area contributed by atoms with Crippen LogP contribution in [0.5, 0.6) is 0 Å². The number of carbonyl (C=O) groups excluding carboxylic acids is 1. The lowest BCUT2D eigenvalue weighted by Crippen LogP contribution is -2.43. The lowest BCUT2D eigenvalue weighted by atomic mass is 10.1. The Morgan fingerprint density at radius 2 is 1.78 bits per heavy atom. The van der Waals surface area contributed by atoms with Crippen LogP contribution >= 0.6 is 0 Å². The topological polar surface area (TPSA) is 96.5 Å². The molecule has 9 heteroatoms. The number of rotatable bonds is 7. The van der Waals surface area contributed by atoms with Gasteiger partial charge in [-0.05, 0) is 36.4 Å². The van der Waals surface area contributed by atoms with Crippen molar-refractivity contribution in [1.29, 1.82) is 0 Å². The second-order valence-electron chi connectivity index (χ2n) is 8.00. The van der Waals surface area contributed by atoms with E-state index in [1.807, 2.05) is 12.1 Å². The Labute approximate surface area is 186 Å². The second-order valence-corrected chi connectivity index (χ2v) is 8.00. The van der Waals surface area contributed by atoms with Crippen LogP contribution in [0.2, 0.25) is 0 Å². The van der Waals surface area contributed by atoms with Crippen LogP contribution in [0.15, 0.2) is 60.8 Å². The first-order valence-corrected chi connectivity index (χ1v) is 10.6. The van der Waals surface area contributed by atoms with Gasteiger partial charge >= 0.3 is 0 Å². The molecule has 0 atom stereocenters.